The second-order valence-corrected chi connectivity index (χ2v) is 13.0. The maximum absolute atomic E-state index is 14.3. The lowest BCUT2D eigenvalue weighted by atomic mass is 9.80. The zero-order chi connectivity index (χ0) is 32.8. The molecule has 0 radical (unpaired) electrons. The minimum Gasteiger partial charge on any atom is -0.491 e. The van der Waals surface area contributed by atoms with Crippen LogP contribution in [0.5, 0.6) is 5.75 Å². The highest BCUT2D eigenvalue weighted by Gasteiger charge is 2.54. The molecule has 0 unspecified atom stereocenters. The monoisotopic (exact) mass is 620 g/mol. The first-order valence-corrected chi connectivity index (χ1v) is 15.1. The van der Waals surface area contributed by atoms with Gasteiger partial charge in [-0.15, -0.1) is 0 Å². The van der Waals surface area contributed by atoms with Crippen molar-refractivity contribution in [3.05, 3.63) is 70.6 Å². The minimum absolute atomic E-state index is 0.0916. The Morgan fingerprint density at radius 1 is 1.13 bits per heavy atom. The van der Waals surface area contributed by atoms with Gasteiger partial charge >= 0.3 is 6.09 Å². The molecule has 0 N–H and O–H groups in total. The average Bonchev–Trinajstić information content (AvgIpc) is 3.60. The number of hydrogen-bond acceptors (Lipinski definition) is 7. The number of aromatic nitrogens is 3. The summed E-state index contributed by atoms with van der Waals surface area (Å²) in [6.07, 6.45) is 5.54. The van der Waals surface area contributed by atoms with Crippen molar-refractivity contribution in [3.8, 4) is 5.75 Å². The molecule has 3 aromatic rings. The Hall–Kier alpha value is -4.48. The fraction of sp³-hybridized carbons (Fsp3) is 0.485. The smallest absolute Gasteiger partial charge is 0.416 e. The summed E-state index contributed by atoms with van der Waals surface area (Å²) in [6.45, 7) is 9.98. The Kier molecular flexibility index (Phi) is 8.37. The van der Waals surface area contributed by atoms with Crippen LogP contribution in [0.3, 0.4) is 0 Å². The lowest BCUT2D eigenvalue weighted by Gasteiger charge is -2.39. The predicted molar refractivity (Wildman–Crippen MR) is 166 cm³/mol. The molecule has 2 aliphatic rings. The molecular weight excluding hydrogens is 579 g/mol. The SMILES string of the molecule is CCOc1cc([C@H](C)N2CC3(CC3)c3c(C(=O)N(C)C)cc(Cn4ccnc4N(C)C(=O)OC(C)(C)C)cc3C2=O)ncc1F. The normalized spacial score (nSPS) is 15.8. The number of benzene rings is 1. The molecule has 1 saturated carbocycles. The number of pyridine rings is 1. The van der Waals surface area contributed by atoms with Gasteiger partial charge in [0.1, 0.15) is 5.60 Å². The van der Waals surface area contributed by atoms with E-state index >= 15 is 0 Å². The van der Waals surface area contributed by atoms with Crippen LogP contribution in [0.1, 0.15) is 91.0 Å². The number of halogens is 1. The third-order valence-corrected chi connectivity index (χ3v) is 8.23. The van der Waals surface area contributed by atoms with Gasteiger partial charge in [0.2, 0.25) is 5.95 Å². The van der Waals surface area contributed by atoms with Crippen LogP contribution in [0, 0.1) is 5.82 Å². The summed E-state index contributed by atoms with van der Waals surface area (Å²) in [7, 11) is 4.97. The van der Waals surface area contributed by atoms with Crippen LogP contribution in [-0.2, 0) is 16.7 Å². The summed E-state index contributed by atoms with van der Waals surface area (Å²) >= 11 is 0. The van der Waals surface area contributed by atoms with E-state index in [0.717, 1.165) is 24.6 Å². The summed E-state index contributed by atoms with van der Waals surface area (Å²) in [5.41, 5.74) is 1.90. The number of fused-ring (bicyclic) bond motifs is 2. The number of imidazole rings is 1. The number of anilines is 1. The Balaban J connectivity index is 1.55. The van der Waals surface area contributed by atoms with E-state index in [1.165, 1.54) is 9.80 Å². The number of ether oxygens (including phenoxy) is 2. The molecule has 1 aliphatic heterocycles. The van der Waals surface area contributed by atoms with Gasteiger partial charge in [0.05, 0.1) is 31.1 Å². The lowest BCUT2D eigenvalue weighted by Crippen LogP contribution is -2.46. The molecular formula is C33H41FN6O5. The quantitative estimate of drug-likeness (QED) is 0.341. The van der Waals surface area contributed by atoms with E-state index in [0.29, 0.717) is 41.5 Å². The first-order chi connectivity index (χ1) is 21.2. The van der Waals surface area contributed by atoms with Crippen LogP contribution in [0.15, 0.2) is 36.8 Å². The molecule has 1 aliphatic carbocycles. The summed E-state index contributed by atoms with van der Waals surface area (Å²) in [6, 6.07) is 4.76. The molecule has 0 bridgehead atoms. The Morgan fingerprint density at radius 3 is 2.47 bits per heavy atom. The second-order valence-electron chi connectivity index (χ2n) is 13.0. The highest BCUT2D eigenvalue weighted by molar-refractivity contribution is 6.04. The van der Waals surface area contributed by atoms with Crippen LogP contribution in [-0.4, -0.2) is 82.1 Å². The van der Waals surface area contributed by atoms with Crippen molar-refractivity contribution in [3.63, 3.8) is 0 Å². The number of hydrogen-bond donors (Lipinski definition) is 0. The molecule has 5 rings (SSSR count). The summed E-state index contributed by atoms with van der Waals surface area (Å²) in [5.74, 6) is -0.531. The van der Waals surface area contributed by atoms with Crippen molar-refractivity contribution in [2.75, 3.05) is 39.2 Å². The number of nitrogens with zero attached hydrogens (tertiary/aromatic N) is 6. The Morgan fingerprint density at radius 2 is 1.84 bits per heavy atom. The number of carbonyl (C=O) groups is 3. The molecule has 1 fully saturated rings. The van der Waals surface area contributed by atoms with E-state index in [1.54, 1.807) is 76.8 Å². The highest BCUT2D eigenvalue weighted by atomic mass is 19.1. The van der Waals surface area contributed by atoms with Crippen LogP contribution >= 0.6 is 0 Å². The highest BCUT2D eigenvalue weighted by Crippen LogP contribution is 2.55. The number of carbonyl (C=O) groups excluding carboxylic acids is 3. The fourth-order valence-corrected chi connectivity index (χ4v) is 5.87. The lowest BCUT2D eigenvalue weighted by molar-refractivity contribution is 0.0584. The largest absolute Gasteiger partial charge is 0.491 e. The Bertz CT molecular complexity index is 1640. The van der Waals surface area contributed by atoms with Gasteiger partial charge in [-0.3, -0.25) is 19.5 Å². The predicted octanol–water partition coefficient (Wildman–Crippen LogP) is 5.19. The molecule has 1 atom stereocenters. The maximum Gasteiger partial charge on any atom is 0.416 e. The van der Waals surface area contributed by atoms with Crippen molar-refractivity contribution in [1.29, 1.82) is 0 Å². The molecule has 3 amide bonds. The van der Waals surface area contributed by atoms with Crippen LogP contribution in [0.25, 0.3) is 0 Å². The van der Waals surface area contributed by atoms with E-state index < -0.39 is 23.6 Å². The van der Waals surface area contributed by atoms with Crippen molar-refractivity contribution in [2.24, 2.45) is 0 Å². The average molecular weight is 621 g/mol. The van der Waals surface area contributed by atoms with Gasteiger partial charge in [-0.2, -0.15) is 0 Å². The van der Waals surface area contributed by atoms with Gasteiger partial charge in [0, 0.05) is 62.7 Å². The molecule has 1 aromatic carbocycles. The zero-order valence-electron chi connectivity index (χ0n) is 27.2. The topological polar surface area (TPSA) is 110 Å². The van der Waals surface area contributed by atoms with E-state index in [1.807, 2.05) is 19.1 Å². The van der Waals surface area contributed by atoms with Crippen molar-refractivity contribution >= 4 is 23.9 Å². The van der Waals surface area contributed by atoms with E-state index in [9.17, 15) is 18.8 Å². The molecule has 240 valence electrons. The minimum atomic E-state index is -0.682. The summed E-state index contributed by atoms with van der Waals surface area (Å²) in [4.78, 5) is 54.0. The van der Waals surface area contributed by atoms with Crippen molar-refractivity contribution in [2.45, 2.75) is 71.1 Å². The first kappa shape index (κ1) is 31.9. The van der Waals surface area contributed by atoms with Gasteiger partial charge < -0.3 is 23.8 Å². The third-order valence-electron chi connectivity index (χ3n) is 8.23. The maximum atomic E-state index is 14.3. The van der Waals surface area contributed by atoms with Crippen LogP contribution in [0.2, 0.25) is 0 Å². The first-order valence-electron chi connectivity index (χ1n) is 15.1. The molecule has 3 heterocycles. The Labute approximate surface area is 262 Å². The molecule has 0 saturated heterocycles. The van der Waals surface area contributed by atoms with E-state index in [-0.39, 0.29) is 29.5 Å². The second kappa shape index (κ2) is 11.8. The summed E-state index contributed by atoms with van der Waals surface area (Å²) < 4.78 is 27.0. The van der Waals surface area contributed by atoms with Crippen LogP contribution in [0.4, 0.5) is 15.1 Å². The molecule has 2 aromatic heterocycles. The van der Waals surface area contributed by atoms with Crippen molar-refractivity contribution < 1.29 is 28.2 Å². The van der Waals surface area contributed by atoms with Gasteiger partial charge in [0.25, 0.3) is 11.8 Å². The van der Waals surface area contributed by atoms with Crippen molar-refractivity contribution in [1.82, 2.24) is 24.3 Å². The number of rotatable bonds is 8. The van der Waals surface area contributed by atoms with E-state index in [2.05, 4.69) is 9.97 Å². The van der Waals surface area contributed by atoms with Gasteiger partial charge in [-0.1, -0.05) is 0 Å². The molecule has 11 nitrogen and oxygen atoms in total. The van der Waals surface area contributed by atoms with Gasteiger partial charge in [-0.05, 0) is 70.7 Å². The van der Waals surface area contributed by atoms with Gasteiger partial charge in [-0.25, -0.2) is 14.2 Å². The molecule has 1 spiro atoms. The fourth-order valence-electron chi connectivity index (χ4n) is 5.87. The molecule has 45 heavy (non-hydrogen) atoms. The zero-order valence-corrected chi connectivity index (χ0v) is 27.2. The number of amides is 3. The van der Waals surface area contributed by atoms with Gasteiger partial charge in [0.15, 0.2) is 11.6 Å². The third kappa shape index (κ3) is 6.23. The summed E-state index contributed by atoms with van der Waals surface area (Å²) in [5, 5.41) is 0. The van der Waals surface area contributed by atoms with Crippen LogP contribution < -0.4 is 9.64 Å². The van der Waals surface area contributed by atoms with E-state index in [4.69, 9.17) is 9.47 Å². The standard InChI is InChI=1S/C33H41FN6O5/c1-9-44-26-16-25(36-17-24(26)34)20(2)40-19-33(10-11-33)27-22(28(41)37(6)7)14-21(15-23(27)29(40)42)18-39-13-12-35-30(39)38(8)31(43)45-32(3,4)5/h12-17,20H,9-11,18-19H2,1-8H3/t20-/m0/s1. The molecule has 12 heteroatoms.